The highest BCUT2D eigenvalue weighted by atomic mass is 16.4. The van der Waals surface area contributed by atoms with Gasteiger partial charge in [-0.3, -0.25) is 9.69 Å². The predicted molar refractivity (Wildman–Crippen MR) is 102 cm³/mol. The van der Waals surface area contributed by atoms with Crippen molar-refractivity contribution in [3.05, 3.63) is 24.3 Å². The van der Waals surface area contributed by atoms with E-state index in [0.29, 0.717) is 6.04 Å². The number of rotatable bonds is 4. The van der Waals surface area contributed by atoms with Gasteiger partial charge in [-0.1, -0.05) is 12.1 Å². The molecule has 0 bridgehead atoms. The summed E-state index contributed by atoms with van der Waals surface area (Å²) in [5, 5.41) is 2.99. The zero-order valence-corrected chi connectivity index (χ0v) is 15.5. The summed E-state index contributed by atoms with van der Waals surface area (Å²) in [5.74, 6) is 0.375. The van der Waals surface area contributed by atoms with Gasteiger partial charge in [-0.05, 0) is 51.3 Å². The molecule has 26 heavy (non-hydrogen) atoms. The van der Waals surface area contributed by atoms with Crippen molar-refractivity contribution in [1.29, 1.82) is 0 Å². The Morgan fingerprint density at radius 3 is 2.81 bits per heavy atom. The van der Waals surface area contributed by atoms with Gasteiger partial charge < -0.3 is 14.6 Å². The number of piperidine rings is 2. The highest BCUT2D eigenvalue weighted by Gasteiger charge is 2.32. The number of carbonyl (C=O) groups is 1. The Hall–Kier alpha value is -2.08. The SMILES string of the molecule is CCNC(=O)[C@@H]1CCCN(C2CCN(c3nc4ccccc4o3)CC2)C1. The van der Waals surface area contributed by atoms with Crippen molar-refractivity contribution in [2.24, 2.45) is 5.92 Å². The van der Waals surface area contributed by atoms with Gasteiger partial charge in [-0.25, -0.2) is 0 Å². The first-order valence-corrected chi connectivity index (χ1v) is 9.87. The van der Waals surface area contributed by atoms with Crippen LogP contribution in [-0.4, -0.2) is 54.6 Å². The Morgan fingerprint density at radius 1 is 1.23 bits per heavy atom. The third-order valence-electron chi connectivity index (χ3n) is 5.71. The van der Waals surface area contributed by atoms with E-state index in [4.69, 9.17) is 4.42 Å². The van der Waals surface area contributed by atoms with Crippen LogP contribution in [-0.2, 0) is 4.79 Å². The minimum absolute atomic E-state index is 0.152. The van der Waals surface area contributed by atoms with Crippen LogP contribution >= 0.6 is 0 Å². The lowest BCUT2D eigenvalue weighted by atomic mass is 9.93. The van der Waals surface area contributed by atoms with E-state index in [1.165, 1.54) is 0 Å². The van der Waals surface area contributed by atoms with Gasteiger partial charge in [0.1, 0.15) is 5.52 Å². The lowest BCUT2D eigenvalue weighted by molar-refractivity contribution is -0.127. The fourth-order valence-corrected chi connectivity index (χ4v) is 4.29. The fraction of sp³-hybridized carbons (Fsp3) is 0.600. The van der Waals surface area contributed by atoms with E-state index in [0.717, 1.165) is 75.5 Å². The van der Waals surface area contributed by atoms with Crippen LogP contribution in [0, 0.1) is 5.92 Å². The van der Waals surface area contributed by atoms with E-state index in [1.54, 1.807) is 0 Å². The van der Waals surface area contributed by atoms with Crippen LogP contribution in [0.15, 0.2) is 28.7 Å². The molecule has 3 heterocycles. The van der Waals surface area contributed by atoms with E-state index in [1.807, 2.05) is 31.2 Å². The standard InChI is InChI=1S/C20H28N4O2/c1-2-21-19(25)15-6-5-11-24(14-15)16-9-12-23(13-10-16)20-22-17-7-3-4-8-18(17)26-20/h3-4,7-8,15-16H,2,5-6,9-14H2,1H3,(H,21,25)/t15-/m1/s1. The maximum Gasteiger partial charge on any atom is 0.298 e. The number of hydrogen-bond donors (Lipinski definition) is 1. The predicted octanol–water partition coefficient (Wildman–Crippen LogP) is 2.64. The van der Waals surface area contributed by atoms with Crippen molar-refractivity contribution in [3.63, 3.8) is 0 Å². The Kier molecular flexibility index (Phi) is 5.11. The number of amides is 1. The third-order valence-corrected chi connectivity index (χ3v) is 5.71. The molecule has 2 aromatic rings. The van der Waals surface area contributed by atoms with E-state index < -0.39 is 0 Å². The summed E-state index contributed by atoms with van der Waals surface area (Å²) in [7, 11) is 0. The van der Waals surface area contributed by atoms with Crippen molar-refractivity contribution in [2.45, 2.75) is 38.6 Å². The zero-order valence-electron chi connectivity index (χ0n) is 15.5. The van der Waals surface area contributed by atoms with Gasteiger partial charge in [0.05, 0.1) is 5.92 Å². The molecule has 1 N–H and O–H groups in total. The Bertz CT molecular complexity index is 718. The summed E-state index contributed by atoms with van der Waals surface area (Å²) in [5.41, 5.74) is 1.77. The molecular weight excluding hydrogens is 328 g/mol. The average molecular weight is 356 g/mol. The second-order valence-electron chi connectivity index (χ2n) is 7.41. The largest absolute Gasteiger partial charge is 0.423 e. The maximum atomic E-state index is 12.2. The molecule has 1 amide bonds. The van der Waals surface area contributed by atoms with E-state index in [-0.39, 0.29) is 11.8 Å². The van der Waals surface area contributed by atoms with Crippen LogP contribution in [0.5, 0.6) is 0 Å². The van der Waals surface area contributed by atoms with Crippen molar-refractivity contribution < 1.29 is 9.21 Å². The fourth-order valence-electron chi connectivity index (χ4n) is 4.29. The Balaban J connectivity index is 1.35. The number of nitrogens with one attached hydrogen (secondary N) is 1. The van der Waals surface area contributed by atoms with Gasteiger partial charge in [-0.15, -0.1) is 0 Å². The molecule has 1 aromatic carbocycles. The highest BCUT2D eigenvalue weighted by molar-refractivity contribution is 5.78. The van der Waals surface area contributed by atoms with Crippen LogP contribution in [0.1, 0.15) is 32.6 Å². The number of hydrogen-bond acceptors (Lipinski definition) is 5. The van der Waals surface area contributed by atoms with E-state index >= 15 is 0 Å². The molecule has 0 saturated carbocycles. The summed E-state index contributed by atoms with van der Waals surface area (Å²) in [6, 6.07) is 9.22. The van der Waals surface area contributed by atoms with Gasteiger partial charge in [0.15, 0.2) is 5.58 Å². The Labute approximate surface area is 154 Å². The Morgan fingerprint density at radius 2 is 2.04 bits per heavy atom. The summed E-state index contributed by atoms with van der Waals surface area (Å²) in [4.78, 5) is 21.6. The normalized spacial score (nSPS) is 22.7. The molecule has 2 saturated heterocycles. The van der Waals surface area contributed by atoms with Crippen LogP contribution in [0.4, 0.5) is 6.01 Å². The summed E-state index contributed by atoms with van der Waals surface area (Å²) >= 11 is 0. The monoisotopic (exact) mass is 356 g/mol. The molecule has 4 rings (SSSR count). The lowest BCUT2D eigenvalue weighted by Crippen LogP contribution is -2.50. The van der Waals surface area contributed by atoms with Crippen molar-refractivity contribution >= 4 is 23.0 Å². The number of fused-ring (bicyclic) bond motifs is 1. The van der Waals surface area contributed by atoms with Crippen molar-refractivity contribution in [1.82, 2.24) is 15.2 Å². The molecule has 0 spiro atoms. The second kappa shape index (κ2) is 7.66. The number of nitrogens with zero attached hydrogens (tertiary/aromatic N) is 3. The summed E-state index contributed by atoms with van der Waals surface area (Å²) < 4.78 is 5.91. The molecule has 6 nitrogen and oxygen atoms in total. The molecule has 0 unspecified atom stereocenters. The molecular formula is C20H28N4O2. The molecule has 1 atom stereocenters. The van der Waals surface area contributed by atoms with E-state index in [9.17, 15) is 4.79 Å². The third kappa shape index (κ3) is 3.56. The van der Waals surface area contributed by atoms with Crippen molar-refractivity contribution in [2.75, 3.05) is 37.6 Å². The van der Waals surface area contributed by atoms with Gasteiger partial charge in [-0.2, -0.15) is 4.98 Å². The average Bonchev–Trinajstić information content (AvgIpc) is 3.13. The van der Waals surface area contributed by atoms with Crippen LogP contribution < -0.4 is 10.2 Å². The van der Waals surface area contributed by atoms with Crippen LogP contribution in [0.2, 0.25) is 0 Å². The van der Waals surface area contributed by atoms with E-state index in [2.05, 4.69) is 20.1 Å². The molecule has 0 radical (unpaired) electrons. The minimum Gasteiger partial charge on any atom is -0.423 e. The van der Waals surface area contributed by atoms with Gasteiger partial charge in [0.2, 0.25) is 5.91 Å². The first-order chi connectivity index (χ1) is 12.7. The van der Waals surface area contributed by atoms with Crippen LogP contribution in [0.25, 0.3) is 11.1 Å². The number of aromatic nitrogens is 1. The first-order valence-electron chi connectivity index (χ1n) is 9.87. The maximum absolute atomic E-state index is 12.2. The second-order valence-corrected chi connectivity index (χ2v) is 7.41. The first kappa shape index (κ1) is 17.3. The number of anilines is 1. The topological polar surface area (TPSA) is 61.6 Å². The smallest absolute Gasteiger partial charge is 0.298 e. The molecule has 2 aliphatic heterocycles. The number of para-hydroxylation sites is 2. The quantitative estimate of drug-likeness (QED) is 0.912. The van der Waals surface area contributed by atoms with Crippen molar-refractivity contribution in [3.8, 4) is 0 Å². The summed E-state index contributed by atoms with van der Waals surface area (Å²) in [6.45, 7) is 6.64. The molecule has 0 aliphatic carbocycles. The number of oxazole rings is 1. The molecule has 1 aromatic heterocycles. The van der Waals surface area contributed by atoms with Gasteiger partial charge >= 0.3 is 0 Å². The lowest BCUT2D eigenvalue weighted by Gasteiger charge is -2.41. The van der Waals surface area contributed by atoms with Gasteiger partial charge in [0, 0.05) is 32.2 Å². The molecule has 6 heteroatoms. The molecule has 140 valence electrons. The molecule has 2 fully saturated rings. The molecule has 2 aliphatic rings. The number of likely N-dealkylation sites (tertiary alicyclic amines) is 1. The minimum atomic E-state index is 0.152. The van der Waals surface area contributed by atoms with Crippen LogP contribution in [0.3, 0.4) is 0 Å². The zero-order chi connectivity index (χ0) is 17.9. The van der Waals surface area contributed by atoms with Gasteiger partial charge in [0.25, 0.3) is 6.01 Å². The highest BCUT2D eigenvalue weighted by Crippen LogP contribution is 2.28. The number of benzene rings is 1. The number of carbonyl (C=O) groups excluding carboxylic acids is 1. The summed E-state index contributed by atoms with van der Waals surface area (Å²) in [6.07, 6.45) is 4.33.